The van der Waals surface area contributed by atoms with Gasteiger partial charge in [0.1, 0.15) is 9.77 Å². The summed E-state index contributed by atoms with van der Waals surface area (Å²) in [7, 11) is -3.81. The van der Waals surface area contributed by atoms with Crippen LogP contribution in [0.25, 0.3) is 0 Å². The minimum Gasteiger partial charge on any atom is -0.477 e. The van der Waals surface area contributed by atoms with Crippen LogP contribution in [0.4, 0.5) is 5.69 Å². The quantitative estimate of drug-likeness (QED) is 0.876. The number of sulfonamides is 1. The van der Waals surface area contributed by atoms with E-state index in [1.54, 1.807) is 30.3 Å². The molecule has 1 heterocycles. The number of thiophene rings is 1. The summed E-state index contributed by atoms with van der Waals surface area (Å²) < 4.78 is 26.9. The highest BCUT2D eigenvalue weighted by atomic mass is 79.9. The van der Waals surface area contributed by atoms with Gasteiger partial charge in [-0.3, -0.25) is 4.72 Å². The van der Waals surface area contributed by atoms with Crippen molar-refractivity contribution in [2.24, 2.45) is 0 Å². The molecule has 0 spiro atoms. The van der Waals surface area contributed by atoms with Crippen LogP contribution in [0, 0.1) is 0 Å². The van der Waals surface area contributed by atoms with Gasteiger partial charge in [-0.25, -0.2) is 13.2 Å². The molecule has 0 unspecified atom stereocenters. The first-order valence-corrected chi connectivity index (χ1v) is 8.10. The number of carbonyl (C=O) groups is 1. The fourth-order valence-electron chi connectivity index (χ4n) is 1.36. The van der Waals surface area contributed by atoms with Gasteiger partial charge in [-0.05, 0) is 34.1 Å². The summed E-state index contributed by atoms with van der Waals surface area (Å²) in [5, 5.41) is 8.85. The fraction of sp³-hybridized carbons (Fsp3) is 0. The molecule has 19 heavy (non-hydrogen) atoms. The summed E-state index contributed by atoms with van der Waals surface area (Å²) in [6.07, 6.45) is 0. The Morgan fingerprint density at radius 3 is 2.42 bits per heavy atom. The molecule has 0 radical (unpaired) electrons. The van der Waals surface area contributed by atoms with Crippen LogP contribution in [-0.4, -0.2) is 19.5 Å². The number of hydrogen-bond acceptors (Lipinski definition) is 4. The number of carboxylic acids is 1. The zero-order valence-corrected chi connectivity index (χ0v) is 12.5. The number of nitrogens with one attached hydrogen (secondary N) is 1. The minimum atomic E-state index is -3.81. The van der Waals surface area contributed by atoms with Gasteiger partial charge in [0.2, 0.25) is 0 Å². The third-order valence-electron chi connectivity index (χ3n) is 2.18. The molecule has 0 aliphatic heterocycles. The van der Waals surface area contributed by atoms with Gasteiger partial charge >= 0.3 is 5.97 Å². The molecular formula is C11H8BrNO4S2. The number of carboxylic acid groups (broad SMARTS) is 1. The number of rotatable bonds is 4. The molecule has 0 saturated heterocycles. The third kappa shape index (κ3) is 3.14. The lowest BCUT2D eigenvalue weighted by molar-refractivity contribution is 0.0702. The molecule has 100 valence electrons. The van der Waals surface area contributed by atoms with Gasteiger partial charge < -0.3 is 5.11 Å². The van der Waals surface area contributed by atoms with Crippen LogP contribution in [-0.2, 0) is 10.0 Å². The van der Waals surface area contributed by atoms with Crippen LogP contribution < -0.4 is 4.72 Å². The van der Waals surface area contributed by atoms with Crippen molar-refractivity contribution in [3.63, 3.8) is 0 Å². The van der Waals surface area contributed by atoms with Crippen molar-refractivity contribution >= 4 is 48.9 Å². The van der Waals surface area contributed by atoms with E-state index in [4.69, 9.17) is 5.11 Å². The summed E-state index contributed by atoms with van der Waals surface area (Å²) in [6, 6.07) is 9.50. The molecule has 0 aliphatic carbocycles. The normalized spacial score (nSPS) is 11.2. The lowest BCUT2D eigenvalue weighted by atomic mass is 10.3. The Bertz CT molecular complexity index is 710. The molecule has 1 aromatic carbocycles. The lowest BCUT2D eigenvalue weighted by Gasteiger charge is -2.06. The first-order valence-electron chi connectivity index (χ1n) is 5.00. The average molecular weight is 362 g/mol. The highest BCUT2D eigenvalue weighted by molar-refractivity contribution is 9.11. The summed E-state index contributed by atoms with van der Waals surface area (Å²) in [4.78, 5) is 10.7. The van der Waals surface area contributed by atoms with Gasteiger partial charge in [-0.15, -0.1) is 11.3 Å². The maximum absolute atomic E-state index is 12.1. The molecule has 0 amide bonds. The molecule has 0 fully saturated rings. The Labute approximate surface area is 122 Å². The smallest absolute Gasteiger partial charge is 0.345 e. The van der Waals surface area contributed by atoms with E-state index in [1.165, 1.54) is 0 Å². The predicted molar refractivity (Wildman–Crippen MR) is 76.2 cm³/mol. The molecule has 0 saturated carbocycles. The second kappa shape index (κ2) is 5.32. The highest BCUT2D eigenvalue weighted by Gasteiger charge is 2.23. The molecule has 2 N–H and O–H groups in total. The van der Waals surface area contributed by atoms with Gasteiger partial charge in [-0.1, -0.05) is 18.2 Å². The van der Waals surface area contributed by atoms with E-state index in [2.05, 4.69) is 20.7 Å². The van der Waals surface area contributed by atoms with Gasteiger partial charge in [0, 0.05) is 5.69 Å². The van der Waals surface area contributed by atoms with E-state index in [-0.39, 0.29) is 13.6 Å². The monoisotopic (exact) mass is 361 g/mol. The molecule has 5 nitrogen and oxygen atoms in total. The number of anilines is 1. The molecule has 0 atom stereocenters. The van der Waals surface area contributed by atoms with E-state index in [0.29, 0.717) is 5.69 Å². The van der Waals surface area contributed by atoms with Crippen LogP contribution in [0.3, 0.4) is 0 Å². The molecule has 2 rings (SSSR count). The van der Waals surface area contributed by atoms with Gasteiger partial charge in [0.25, 0.3) is 10.0 Å². The van der Waals surface area contributed by atoms with E-state index in [1.807, 2.05) is 0 Å². The number of hydrogen-bond donors (Lipinski definition) is 2. The number of para-hydroxylation sites is 1. The third-order valence-corrected chi connectivity index (χ3v) is 5.80. The number of aromatic carboxylic acids is 1. The molecule has 1 aromatic heterocycles. The maximum Gasteiger partial charge on any atom is 0.345 e. The van der Waals surface area contributed by atoms with Crippen LogP contribution >= 0.6 is 27.3 Å². The Morgan fingerprint density at radius 2 is 1.89 bits per heavy atom. The van der Waals surface area contributed by atoms with Crippen LogP contribution in [0.5, 0.6) is 0 Å². The predicted octanol–water partition coefficient (Wildman–Crippen LogP) is 3.01. The SMILES string of the molecule is O=C(O)c1cc(S(=O)(=O)Nc2ccccc2)c(Br)s1. The topological polar surface area (TPSA) is 83.5 Å². The van der Waals surface area contributed by atoms with E-state index < -0.39 is 16.0 Å². The zero-order chi connectivity index (χ0) is 14.0. The minimum absolute atomic E-state index is 0.0414. The zero-order valence-electron chi connectivity index (χ0n) is 9.33. The first-order chi connectivity index (χ1) is 8.90. The van der Waals surface area contributed by atoms with Crippen molar-refractivity contribution in [2.45, 2.75) is 4.90 Å². The molecule has 2 aromatic rings. The van der Waals surface area contributed by atoms with Crippen molar-refractivity contribution in [1.82, 2.24) is 0 Å². The second-order valence-electron chi connectivity index (χ2n) is 3.53. The molecule has 0 bridgehead atoms. The highest BCUT2D eigenvalue weighted by Crippen LogP contribution is 2.32. The maximum atomic E-state index is 12.1. The number of halogens is 1. The summed E-state index contributed by atoms with van der Waals surface area (Å²) in [6.45, 7) is 0. The summed E-state index contributed by atoms with van der Waals surface area (Å²) in [5.41, 5.74) is 0.414. The van der Waals surface area contributed by atoms with Crippen LogP contribution in [0.2, 0.25) is 0 Å². The molecule has 0 aliphatic rings. The van der Waals surface area contributed by atoms with Crippen LogP contribution in [0.1, 0.15) is 9.67 Å². The van der Waals surface area contributed by atoms with Crippen LogP contribution in [0.15, 0.2) is 45.1 Å². The van der Waals surface area contributed by atoms with E-state index in [0.717, 1.165) is 17.4 Å². The largest absolute Gasteiger partial charge is 0.477 e. The van der Waals surface area contributed by atoms with Crippen molar-refractivity contribution < 1.29 is 18.3 Å². The Kier molecular flexibility index (Phi) is 3.93. The van der Waals surface area contributed by atoms with Crippen molar-refractivity contribution in [3.05, 3.63) is 45.1 Å². The van der Waals surface area contributed by atoms with E-state index >= 15 is 0 Å². The average Bonchev–Trinajstić information content (AvgIpc) is 2.73. The summed E-state index contributed by atoms with van der Waals surface area (Å²) >= 11 is 3.93. The Morgan fingerprint density at radius 1 is 1.26 bits per heavy atom. The van der Waals surface area contributed by atoms with E-state index in [9.17, 15) is 13.2 Å². The lowest BCUT2D eigenvalue weighted by Crippen LogP contribution is -2.12. The summed E-state index contributed by atoms with van der Waals surface area (Å²) in [5.74, 6) is -1.16. The fourth-order valence-corrected chi connectivity index (χ4v) is 4.82. The standard InChI is InChI=1S/C11H8BrNO4S2/c12-10-9(6-8(18-10)11(14)15)19(16,17)13-7-4-2-1-3-5-7/h1-6,13H,(H,14,15). The van der Waals surface area contributed by atoms with Gasteiger partial charge in [0.15, 0.2) is 0 Å². The van der Waals surface area contributed by atoms with Gasteiger partial charge in [-0.2, -0.15) is 0 Å². The van der Waals surface area contributed by atoms with Crippen molar-refractivity contribution in [3.8, 4) is 0 Å². The van der Waals surface area contributed by atoms with Gasteiger partial charge in [0.05, 0.1) is 3.79 Å². The van der Waals surface area contributed by atoms with Crippen molar-refractivity contribution in [1.29, 1.82) is 0 Å². The van der Waals surface area contributed by atoms with Crippen molar-refractivity contribution in [2.75, 3.05) is 4.72 Å². The Hall–Kier alpha value is -1.38. The number of benzene rings is 1. The second-order valence-corrected chi connectivity index (χ2v) is 7.55. The molecular weight excluding hydrogens is 354 g/mol. The first kappa shape index (κ1) is 14.0. The Balaban J connectivity index is 2.37. The molecule has 8 heteroatoms.